The fourth-order valence-electron chi connectivity index (χ4n) is 0.346. The van der Waals surface area contributed by atoms with Crippen LogP contribution in [0, 0.1) is 0 Å². The van der Waals surface area contributed by atoms with Crippen molar-refractivity contribution in [2.24, 2.45) is 0 Å². The van der Waals surface area contributed by atoms with Crippen molar-refractivity contribution in [3.63, 3.8) is 0 Å². The molecule has 1 nitrogen and oxygen atoms in total. The third kappa shape index (κ3) is 9.27. The van der Waals surface area contributed by atoms with Gasteiger partial charge in [0, 0.05) is 6.54 Å². The van der Waals surface area contributed by atoms with E-state index in [1.807, 2.05) is 19.2 Å². The predicted octanol–water partition coefficient (Wildman–Crippen LogP) is 1.94. The normalized spacial score (nSPS) is 8.75. The smallest absolute Gasteiger partial charge is 0.0138 e. The first-order chi connectivity index (χ1) is 3.41. The van der Waals surface area contributed by atoms with Gasteiger partial charge in [0.25, 0.3) is 0 Å². The summed E-state index contributed by atoms with van der Waals surface area (Å²) in [5, 5.41) is 3.10. The molecule has 0 aromatic rings. The lowest BCUT2D eigenvalue weighted by molar-refractivity contribution is 0.808. The minimum atomic E-state index is 0. The van der Waals surface area contributed by atoms with Crippen molar-refractivity contribution in [2.75, 3.05) is 6.54 Å². The highest BCUT2D eigenvalue weighted by atomic mass is 35.5. The zero-order valence-electron chi connectivity index (χ0n) is 5.48. The fourth-order valence-corrected chi connectivity index (χ4v) is 0.346. The van der Waals surface area contributed by atoms with Crippen molar-refractivity contribution in [1.82, 2.24) is 5.32 Å². The van der Waals surface area contributed by atoms with Crippen LogP contribution in [0.5, 0.6) is 0 Å². The summed E-state index contributed by atoms with van der Waals surface area (Å²) in [6, 6.07) is 0. The average molecular weight is 136 g/mol. The van der Waals surface area contributed by atoms with E-state index in [4.69, 9.17) is 0 Å². The van der Waals surface area contributed by atoms with E-state index in [1.54, 1.807) is 0 Å². The first-order valence-corrected chi connectivity index (χ1v) is 2.76. The van der Waals surface area contributed by atoms with Crippen LogP contribution >= 0.6 is 12.4 Å². The molecule has 0 heterocycles. The summed E-state index contributed by atoms with van der Waals surface area (Å²) < 4.78 is 0. The second kappa shape index (κ2) is 9.95. The monoisotopic (exact) mass is 135 g/mol. The third-order valence-electron chi connectivity index (χ3n) is 0.679. The van der Waals surface area contributed by atoms with Gasteiger partial charge in [-0.3, -0.25) is 0 Å². The summed E-state index contributed by atoms with van der Waals surface area (Å²) in [4.78, 5) is 0. The van der Waals surface area contributed by atoms with Gasteiger partial charge in [0.2, 0.25) is 0 Å². The Morgan fingerprint density at radius 1 is 1.50 bits per heavy atom. The molecule has 1 N–H and O–H groups in total. The molecular formula is C6H14ClN. The highest BCUT2D eigenvalue weighted by molar-refractivity contribution is 5.85. The Hall–Kier alpha value is -0.170. The molecule has 0 bridgehead atoms. The van der Waals surface area contributed by atoms with Gasteiger partial charge in [-0.2, -0.15) is 0 Å². The molecule has 0 unspecified atom stereocenters. The van der Waals surface area contributed by atoms with Crippen LogP contribution in [-0.2, 0) is 0 Å². The van der Waals surface area contributed by atoms with Crippen LogP contribution in [0.1, 0.15) is 20.3 Å². The molecule has 0 saturated carbocycles. The van der Waals surface area contributed by atoms with Gasteiger partial charge in [0.15, 0.2) is 0 Å². The van der Waals surface area contributed by atoms with E-state index in [1.165, 1.54) is 6.42 Å². The maximum atomic E-state index is 3.10. The Morgan fingerprint density at radius 3 is 2.50 bits per heavy atom. The van der Waals surface area contributed by atoms with Gasteiger partial charge in [0.1, 0.15) is 0 Å². The summed E-state index contributed by atoms with van der Waals surface area (Å²) in [5.41, 5.74) is 0. The van der Waals surface area contributed by atoms with E-state index in [-0.39, 0.29) is 12.4 Å². The minimum absolute atomic E-state index is 0. The topological polar surface area (TPSA) is 12.0 Å². The van der Waals surface area contributed by atoms with Gasteiger partial charge in [0.05, 0.1) is 0 Å². The van der Waals surface area contributed by atoms with Crippen molar-refractivity contribution in [3.05, 3.63) is 12.3 Å². The Balaban J connectivity index is 0. The lowest BCUT2D eigenvalue weighted by Gasteiger charge is -1.91. The highest BCUT2D eigenvalue weighted by Gasteiger charge is 1.68. The Bertz CT molecular complexity index is 52.5. The molecule has 0 aliphatic rings. The lowest BCUT2D eigenvalue weighted by atomic mass is 10.5. The molecular weight excluding hydrogens is 122 g/mol. The maximum absolute atomic E-state index is 3.10. The quantitative estimate of drug-likeness (QED) is 0.584. The molecule has 0 amide bonds. The standard InChI is InChI=1S/C6H13N.ClH/c1-3-5-7-6-4-2;/h3,5,7H,4,6H2,1-2H3;1H/b5-3-;. The maximum Gasteiger partial charge on any atom is 0.0138 e. The molecule has 0 rings (SSSR count). The molecule has 2 heteroatoms. The van der Waals surface area contributed by atoms with E-state index in [2.05, 4.69) is 12.2 Å². The summed E-state index contributed by atoms with van der Waals surface area (Å²) in [5.74, 6) is 0. The van der Waals surface area contributed by atoms with Crippen molar-refractivity contribution in [1.29, 1.82) is 0 Å². The first-order valence-electron chi connectivity index (χ1n) is 2.76. The van der Waals surface area contributed by atoms with Gasteiger partial charge >= 0.3 is 0 Å². The SMILES string of the molecule is C/C=C\NCCC.Cl. The summed E-state index contributed by atoms with van der Waals surface area (Å²) in [6.45, 7) is 5.24. The Labute approximate surface area is 57.6 Å². The summed E-state index contributed by atoms with van der Waals surface area (Å²) >= 11 is 0. The van der Waals surface area contributed by atoms with Gasteiger partial charge in [-0.15, -0.1) is 12.4 Å². The molecule has 0 saturated heterocycles. The predicted molar refractivity (Wildman–Crippen MR) is 40.4 cm³/mol. The lowest BCUT2D eigenvalue weighted by Crippen LogP contribution is -2.03. The van der Waals surface area contributed by atoms with Crippen molar-refractivity contribution >= 4 is 12.4 Å². The number of allylic oxidation sites excluding steroid dienone is 1. The Morgan fingerprint density at radius 2 is 2.12 bits per heavy atom. The molecule has 0 fully saturated rings. The van der Waals surface area contributed by atoms with E-state index in [0.29, 0.717) is 0 Å². The molecule has 0 aliphatic heterocycles. The zero-order valence-corrected chi connectivity index (χ0v) is 6.29. The molecule has 0 atom stereocenters. The van der Waals surface area contributed by atoms with Crippen LogP contribution in [0.4, 0.5) is 0 Å². The molecule has 0 spiro atoms. The molecule has 0 radical (unpaired) electrons. The zero-order chi connectivity index (χ0) is 5.54. The number of hydrogen-bond acceptors (Lipinski definition) is 1. The second-order valence-corrected chi connectivity index (χ2v) is 1.45. The van der Waals surface area contributed by atoms with Gasteiger partial charge in [-0.25, -0.2) is 0 Å². The third-order valence-corrected chi connectivity index (χ3v) is 0.679. The number of hydrogen-bond donors (Lipinski definition) is 1. The van der Waals surface area contributed by atoms with Crippen LogP contribution in [0.2, 0.25) is 0 Å². The molecule has 0 aromatic carbocycles. The van der Waals surface area contributed by atoms with Crippen molar-refractivity contribution in [3.8, 4) is 0 Å². The van der Waals surface area contributed by atoms with E-state index >= 15 is 0 Å². The molecule has 8 heavy (non-hydrogen) atoms. The molecule has 50 valence electrons. The first kappa shape index (κ1) is 10.7. The van der Waals surface area contributed by atoms with Crippen LogP contribution < -0.4 is 5.32 Å². The molecule has 0 aliphatic carbocycles. The summed E-state index contributed by atoms with van der Waals surface area (Å²) in [7, 11) is 0. The van der Waals surface area contributed by atoms with Crippen molar-refractivity contribution < 1.29 is 0 Å². The van der Waals surface area contributed by atoms with Crippen molar-refractivity contribution in [2.45, 2.75) is 20.3 Å². The summed E-state index contributed by atoms with van der Waals surface area (Å²) in [6.07, 6.45) is 5.16. The number of rotatable bonds is 3. The van der Waals surface area contributed by atoms with Crippen LogP contribution in [0.25, 0.3) is 0 Å². The van der Waals surface area contributed by atoms with Gasteiger partial charge < -0.3 is 5.32 Å². The van der Waals surface area contributed by atoms with Gasteiger partial charge in [-0.05, 0) is 19.5 Å². The highest BCUT2D eigenvalue weighted by Crippen LogP contribution is 1.68. The largest absolute Gasteiger partial charge is 0.391 e. The van der Waals surface area contributed by atoms with E-state index in [9.17, 15) is 0 Å². The number of halogens is 1. The number of nitrogens with one attached hydrogen (secondary N) is 1. The average Bonchev–Trinajstić information content (AvgIpc) is 1.69. The van der Waals surface area contributed by atoms with Crippen LogP contribution in [0.3, 0.4) is 0 Å². The fraction of sp³-hybridized carbons (Fsp3) is 0.667. The second-order valence-electron chi connectivity index (χ2n) is 1.45. The van der Waals surface area contributed by atoms with Crippen LogP contribution in [-0.4, -0.2) is 6.54 Å². The Kier molecular flexibility index (Phi) is 13.4. The molecule has 0 aromatic heterocycles. The van der Waals surface area contributed by atoms with E-state index in [0.717, 1.165) is 6.54 Å². The minimum Gasteiger partial charge on any atom is -0.391 e. The van der Waals surface area contributed by atoms with Crippen LogP contribution in [0.15, 0.2) is 12.3 Å². The van der Waals surface area contributed by atoms with Gasteiger partial charge in [-0.1, -0.05) is 13.0 Å². The van der Waals surface area contributed by atoms with E-state index < -0.39 is 0 Å².